The Morgan fingerprint density at radius 3 is 2.00 bits per heavy atom. The number of nitrogens with one attached hydrogen (secondary N) is 1. The lowest BCUT2D eigenvalue weighted by Gasteiger charge is -2.57. The van der Waals surface area contributed by atoms with Gasteiger partial charge < -0.3 is 5.32 Å². The van der Waals surface area contributed by atoms with Gasteiger partial charge in [0, 0.05) is 29.2 Å². The van der Waals surface area contributed by atoms with E-state index in [1.54, 1.807) is 4.31 Å². The van der Waals surface area contributed by atoms with Crippen LogP contribution < -0.4 is 5.32 Å². The molecule has 1 N–H and O–H groups in total. The number of hydrogen-bond donors (Lipinski definition) is 1. The number of piperidine rings is 1. The van der Waals surface area contributed by atoms with E-state index >= 15 is 0 Å². The van der Waals surface area contributed by atoms with Crippen molar-refractivity contribution in [2.24, 2.45) is 23.7 Å². The van der Waals surface area contributed by atoms with Crippen LogP contribution in [-0.2, 0) is 26.0 Å². The molecule has 4 bridgehead atoms. The average molecular weight is 572 g/mol. The van der Waals surface area contributed by atoms with Gasteiger partial charge in [0.25, 0.3) is 0 Å². The third-order valence-corrected chi connectivity index (χ3v) is 11.7. The van der Waals surface area contributed by atoms with Crippen LogP contribution in [0.2, 0.25) is 0 Å². The largest absolute Gasteiger partial charge is 0.326 e. The molecule has 1 heterocycles. The summed E-state index contributed by atoms with van der Waals surface area (Å²) in [5.74, 6) is 2.59. The molecule has 2 aromatic rings. The highest BCUT2D eigenvalue weighted by Gasteiger charge is 2.51. The van der Waals surface area contributed by atoms with E-state index in [-0.39, 0.29) is 17.6 Å². The van der Waals surface area contributed by atoms with Crippen LogP contribution in [0.1, 0.15) is 62.5 Å². The Kier molecular flexibility index (Phi) is 6.54. The second kappa shape index (κ2) is 9.55. The maximum absolute atomic E-state index is 13.0. The maximum Gasteiger partial charge on any atom is 0.227 e. The first-order valence-electron chi connectivity index (χ1n) is 13.4. The van der Waals surface area contributed by atoms with Crippen molar-refractivity contribution in [3.05, 3.63) is 64.1 Å². The van der Waals surface area contributed by atoms with Crippen molar-refractivity contribution in [1.29, 1.82) is 0 Å². The van der Waals surface area contributed by atoms with Crippen LogP contribution in [0.25, 0.3) is 0 Å². The van der Waals surface area contributed by atoms with Gasteiger partial charge in [0.1, 0.15) is 0 Å². The minimum absolute atomic E-state index is 0.00233. The van der Waals surface area contributed by atoms with Crippen molar-refractivity contribution in [3.8, 4) is 0 Å². The van der Waals surface area contributed by atoms with Crippen LogP contribution >= 0.6 is 15.9 Å². The summed E-state index contributed by atoms with van der Waals surface area (Å²) in [6.45, 7) is 0.782. The van der Waals surface area contributed by atoms with E-state index in [1.807, 2.05) is 24.3 Å². The molecular weight excluding hydrogens is 536 g/mol. The molecule has 36 heavy (non-hydrogen) atoms. The molecule has 0 radical (unpaired) electrons. The molecule has 0 atom stereocenters. The molecule has 1 aliphatic heterocycles. The normalized spacial score (nSPS) is 30.4. The number of benzene rings is 2. The standard InChI is InChI=1S/C29H35BrN2O3S/c30-26-5-1-20(2-6-26)19-36(34,35)32-11-9-24(10-12-32)28(33)31-27-7-3-25(4-8-27)29-16-21-13-22(17-29)15-23(14-21)18-29/h1-8,21-24H,9-19H2,(H,31,33). The third kappa shape index (κ3) is 4.91. The van der Waals surface area contributed by atoms with Crippen LogP contribution in [-0.4, -0.2) is 31.7 Å². The van der Waals surface area contributed by atoms with Crippen LogP contribution in [0.5, 0.6) is 0 Å². The minimum Gasteiger partial charge on any atom is -0.326 e. The van der Waals surface area contributed by atoms with Gasteiger partial charge in [0.15, 0.2) is 0 Å². The summed E-state index contributed by atoms with van der Waals surface area (Å²) in [5, 5.41) is 3.10. The summed E-state index contributed by atoms with van der Waals surface area (Å²) >= 11 is 3.38. The fraction of sp³-hybridized carbons (Fsp3) is 0.552. The fourth-order valence-electron chi connectivity index (χ4n) is 7.89. The van der Waals surface area contributed by atoms with E-state index in [9.17, 15) is 13.2 Å². The Morgan fingerprint density at radius 1 is 0.889 bits per heavy atom. The van der Waals surface area contributed by atoms with Crippen molar-refractivity contribution < 1.29 is 13.2 Å². The van der Waals surface area contributed by atoms with Gasteiger partial charge >= 0.3 is 0 Å². The highest BCUT2D eigenvalue weighted by molar-refractivity contribution is 9.10. The second-order valence-electron chi connectivity index (χ2n) is 11.8. The molecule has 2 aromatic carbocycles. The summed E-state index contributed by atoms with van der Waals surface area (Å²) in [6.07, 6.45) is 9.46. The SMILES string of the molecule is O=C(Nc1ccc(C23CC4CC(CC(C4)C2)C3)cc1)C1CCN(S(=O)(=O)Cc2ccc(Br)cc2)CC1. The fourth-order valence-corrected chi connectivity index (χ4v) is 9.72. The van der Waals surface area contributed by atoms with Gasteiger partial charge in [-0.1, -0.05) is 40.2 Å². The number of carbonyl (C=O) groups excluding carboxylic acids is 1. The Balaban J connectivity index is 1.03. The third-order valence-electron chi connectivity index (χ3n) is 9.28. The smallest absolute Gasteiger partial charge is 0.227 e. The number of nitrogens with zero attached hydrogens (tertiary/aromatic N) is 1. The molecular formula is C29H35BrN2O3S. The van der Waals surface area contributed by atoms with Crippen molar-refractivity contribution in [1.82, 2.24) is 4.31 Å². The first-order valence-corrected chi connectivity index (χ1v) is 15.8. The molecule has 4 saturated carbocycles. The second-order valence-corrected chi connectivity index (χ2v) is 14.7. The van der Waals surface area contributed by atoms with Gasteiger partial charge in [0.2, 0.25) is 15.9 Å². The predicted molar refractivity (Wildman–Crippen MR) is 146 cm³/mol. The molecule has 7 heteroatoms. The van der Waals surface area contributed by atoms with Crippen molar-refractivity contribution >= 4 is 37.5 Å². The van der Waals surface area contributed by atoms with E-state index < -0.39 is 10.0 Å². The van der Waals surface area contributed by atoms with Crippen molar-refractivity contribution in [2.75, 3.05) is 18.4 Å². The van der Waals surface area contributed by atoms with Gasteiger partial charge in [-0.2, -0.15) is 0 Å². The van der Waals surface area contributed by atoms with E-state index in [0.717, 1.165) is 33.5 Å². The number of amides is 1. The zero-order valence-electron chi connectivity index (χ0n) is 20.7. The first kappa shape index (κ1) is 24.6. The Bertz CT molecular complexity index is 1180. The Morgan fingerprint density at radius 2 is 1.44 bits per heavy atom. The molecule has 5 aliphatic rings. The Hall–Kier alpha value is -1.70. The highest BCUT2D eigenvalue weighted by Crippen LogP contribution is 2.60. The molecule has 5 nitrogen and oxygen atoms in total. The maximum atomic E-state index is 13.0. The van der Waals surface area contributed by atoms with Gasteiger partial charge in [-0.3, -0.25) is 4.79 Å². The first-order chi connectivity index (χ1) is 17.3. The highest BCUT2D eigenvalue weighted by atomic mass is 79.9. The van der Waals surface area contributed by atoms with Crippen molar-refractivity contribution in [2.45, 2.75) is 62.5 Å². The molecule has 7 rings (SSSR count). The lowest BCUT2D eigenvalue weighted by molar-refractivity contribution is -0.120. The van der Waals surface area contributed by atoms with Crippen molar-refractivity contribution in [3.63, 3.8) is 0 Å². The topological polar surface area (TPSA) is 66.5 Å². The number of sulfonamides is 1. The minimum atomic E-state index is -3.39. The van der Waals surface area contributed by atoms with Crippen LogP contribution in [0, 0.1) is 23.7 Å². The predicted octanol–water partition coefficient (Wildman–Crippen LogP) is 6.10. The summed E-state index contributed by atoms with van der Waals surface area (Å²) in [4.78, 5) is 13.0. The molecule has 1 amide bonds. The lowest BCUT2D eigenvalue weighted by Crippen LogP contribution is -2.48. The summed E-state index contributed by atoms with van der Waals surface area (Å²) in [6, 6.07) is 16.0. The number of anilines is 1. The van der Waals surface area contributed by atoms with E-state index in [2.05, 4.69) is 45.5 Å². The Labute approximate surface area is 223 Å². The van der Waals surface area contributed by atoms with Crippen LogP contribution in [0.15, 0.2) is 53.0 Å². The monoisotopic (exact) mass is 570 g/mol. The quantitative estimate of drug-likeness (QED) is 0.456. The number of hydrogen-bond acceptors (Lipinski definition) is 3. The van der Waals surface area contributed by atoms with Gasteiger partial charge in [-0.25, -0.2) is 12.7 Å². The lowest BCUT2D eigenvalue weighted by atomic mass is 9.48. The van der Waals surface area contributed by atoms with Gasteiger partial charge in [-0.15, -0.1) is 0 Å². The summed E-state index contributed by atoms with van der Waals surface area (Å²) < 4.78 is 28.2. The van der Waals surface area contributed by atoms with Gasteiger partial charge in [-0.05, 0) is 110 Å². The van der Waals surface area contributed by atoms with E-state index in [4.69, 9.17) is 0 Å². The van der Waals surface area contributed by atoms with Crippen LogP contribution in [0.3, 0.4) is 0 Å². The molecule has 192 valence electrons. The number of carbonyl (C=O) groups is 1. The summed E-state index contributed by atoms with van der Waals surface area (Å²) in [7, 11) is -3.39. The van der Waals surface area contributed by atoms with E-state index in [1.165, 1.54) is 44.1 Å². The zero-order chi connectivity index (χ0) is 24.9. The van der Waals surface area contributed by atoms with Gasteiger partial charge in [0.05, 0.1) is 5.75 Å². The number of rotatable bonds is 6. The zero-order valence-corrected chi connectivity index (χ0v) is 23.1. The molecule has 4 aliphatic carbocycles. The van der Waals surface area contributed by atoms with Crippen LogP contribution in [0.4, 0.5) is 5.69 Å². The average Bonchev–Trinajstić information content (AvgIpc) is 2.85. The molecule has 0 unspecified atom stereocenters. The summed E-state index contributed by atoms with van der Waals surface area (Å²) in [5.41, 5.74) is 3.45. The molecule has 0 aromatic heterocycles. The molecule has 0 spiro atoms. The van der Waals surface area contributed by atoms with E-state index in [0.29, 0.717) is 31.3 Å². The molecule has 1 saturated heterocycles. The number of halogens is 1. The molecule has 5 fully saturated rings.